The Morgan fingerprint density at radius 1 is 0.913 bits per heavy atom. The monoisotopic (exact) mass is 308 g/mol. The van der Waals surface area contributed by atoms with Crippen molar-refractivity contribution in [3.63, 3.8) is 0 Å². The number of hydrogen-bond acceptors (Lipinski definition) is 3. The van der Waals surface area contributed by atoms with Gasteiger partial charge in [-0.2, -0.15) is 0 Å². The molecule has 0 aliphatic heterocycles. The fourth-order valence-electron chi connectivity index (χ4n) is 2.43. The normalized spacial score (nSPS) is 12.0. The summed E-state index contributed by atoms with van der Waals surface area (Å²) in [7, 11) is 1.64. The number of rotatable bonds is 5. The standard InChI is InChI=1S/C18H20N4O/c1-18(2,15-5-4-12-19-15)16-10-11-17(20-16)22-21-13-6-8-14(23-3)9-7-13/h4-12,19-20H,1-3H3. The third kappa shape index (κ3) is 3.18. The Morgan fingerprint density at radius 3 is 2.35 bits per heavy atom. The molecular formula is C18H20N4O. The topological polar surface area (TPSA) is 65.5 Å². The summed E-state index contributed by atoms with van der Waals surface area (Å²) >= 11 is 0. The highest BCUT2D eigenvalue weighted by Crippen LogP contribution is 2.31. The van der Waals surface area contributed by atoms with E-state index in [1.54, 1.807) is 7.11 Å². The van der Waals surface area contributed by atoms with E-state index in [9.17, 15) is 0 Å². The van der Waals surface area contributed by atoms with Crippen LogP contribution in [-0.2, 0) is 5.41 Å². The second kappa shape index (κ2) is 6.12. The summed E-state index contributed by atoms with van der Waals surface area (Å²) in [6.07, 6.45) is 1.93. The van der Waals surface area contributed by atoms with E-state index in [0.717, 1.165) is 28.6 Å². The van der Waals surface area contributed by atoms with E-state index < -0.39 is 0 Å². The van der Waals surface area contributed by atoms with Gasteiger partial charge in [-0.3, -0.25) is 0 Å². The van der Waals surface area contributed by atoms with Crippen LogP contribution in [0.15, 0.2) is 65.0 Å². The lowest BCUT2D eigenvalue weighted by atomic mass is 9.86. The molecular weight excluding hydrogens is 288 g/mol. The van der Waals surface area contributed by atoms with Crippen molar-refractivity contribution in [2.45, 2.75) is 19.3 Å². The number of ether oxygens (including phenoxy) is 1. The lowest BCUT2D eigenvalue weighted by Crippen LogP contribution is -2.19. The smallest absolute Gasteiger partial charge is 0.152 e. The number of hydrogen-bond donors (Lipinski definition) is 2. The summed E-state index contributed by atoms with van der Waals surface area (Å²) in [6, 6.07) is 15.5. The minimum Gasteiger partial charge on any atom is -0.497 e. The minimum atomic E-state index is -0.141. The number of aromatic nitrogens is 2. The Labute approximate surface area is 135 Å². The molecule has 5 heteroatoms. The van der Waals surface area contributed by atoms with E-state index in [2.05, 4.69) is 40.1 Å². The Hall–Kier alpha value is -2.82. The summed E-state index contributed by atoms with van der Waals surface area (Å²) in [5.41, 5.74) is 2.88. The number of benzene rings is 1. The van der Waals surface area contributed by atoms with Gasteiger partial charge in [-0.05, 0) is 62.4 Å². The molecule has 118 valence electrons. The van der Waals surface area contributed by atoms with Gasteiger partial charge in [-0.25, -0.2) is 0 Å². The summed E-state index contributed by atoms with van der Waals surface area (Å²) in [4.78, 5) is 6.60. The van der Waals surface area contributed by atoms with Gasteiger partial charge in [0.15, 0.2) is 5.82 Å². The first-order chi connectivity index (χ1) is 11.1. The van der Waals surface area contributed by atoms with E-state index in [4.69, 9.17) is 4.74 Å². The van der Waals surface area contributed by atoms with Gasteiger partial charge in [0.25, 0.3) is 0 Å². The van der Waals surface area contributed by atoms with Gasteiger partial charge in [-0.1, -0.05) is 0 Å². The third-order valence-electron chi connectivity index (χ3n) is 3.96. The fraction of sp³-hybridized carbons (Fsp3) is 0.222. The molecule has 0 aliphatic rings. The van der Waals surface area contributed by atoms with Crippen LogP contribution >= 0.6 is 0 Å². The Morgan fingerprint density at radius 2 is 1.70 bits per heavy atom. The summed E-state index contributed by atoms with van der Waals surface area (Å²) in [6.45, 7) is 4.32. The maximum Gasteiger partial charge on any atom is 0.152 e. The van der Waals surface area contributed by atoms with E-state index in [0.29, 0.717) is 0 Å². The largest absolute Gasteiger partial charge is 0.497 e. The van der Waals surface area contributed by atoms with Crippen molar-refractivity contribution < 1.29 is 4.74 Å². The first-order valence-electron chi connectivity index (χ1n) is 7.49. The van der Waals surface area contributed by atoms with Crippen molar-refractivity contribution >= 4 is 11.5 Å². The third-order valence-corrected chi connectivity index (χ3v) is 3.96. The van der Waals surface area contributed by atoms with Crippen LogP contribution in [0.5, 0.6) is 5.75 Å². The van der Waals surface area contributed by atoms with Crippen molar-refractivity contribution in [2.75, 3.05) is 7.11 Å². The zero-order chi connectivity index (χ0) is 16.3. The molecule has 0 bridgehead atoms. The van der Waals surface area contributed by atoms with Crippen LogP contribution in [0.3, 0.4) is 0 Å². The molecule has 0 atom stereocenters. The predicted octanol–water partition coefficient (Wildman–Crippen LogP) is 5.09. The van der Waals surface area contributed by atoms with Crippen molar-refractivity contribution in [1.82, 2.24) is 9.97 Å². The van der Waals surface area contributed by atoms with Crippen LogP contribution < -0.4 is 4.74 Å². The van der Waals surface area contributed by atoms with E-state index in [-0.39, 0.29) is 5.41 Å². The highest BCUT2D eigenvalue weighted by molar-refractivity contribution is 5.42. The van der Waals surface area contributed by atoms with Crippen LogP contribution in [0.2, 0.25) is 0 Å². The Kier molecular flexibility index (Phi) is 4.02. The quantitative estimate of drug-likeness (QED) is 0.633. The van der Waals surface area contributed by atoms with Gasteiger partial charge < -0.3 is 14.7 Å². The average molecular weight is 308 g/mol. The zero-order valence-electron chi connectivity index (χ0n) is 13.5. The van der Waals surface area contributed by atoms with Crippen LogP contribution in [0.1, 0.15) is 25.2 Å². The Balaban J connectivity index is 1.77. The molecule has 0 amide bonds. The van der Waals surface area contributed by atoms with Crippen LogP contribution in [-0.4, -0.2) is 17.1 Å². The van der Waals surface area contributed by atoms with Gasteiger partial charge in [0, 0.05) is 23.0 Å². The Bertz CT molecular complexity index is 783. The highest BCUT2D eigenvalue weighted by atomic mass is 16.5. The van der Waals surface area contributed by atoms with Gasteiger partial charge in [0.2, 0.25) is 0 Å². The second-order valence-corrected chi connectivity index (χ2v) is 5.86. The van der Waals surface area contributed by atoms with E-state index >= 15 is 0 Å². The zero-order valence-corrected chi connectivity index (χ0v) is 13.5. The number of aromatic amines is 2. The van der Waals surface area contributed by atoms with Crippen LogP contribution in [0.25, 0.3) is 0 Å². The fourth-order valence-corrected chi connectivity index (χ4v) is 2.43. The number of azo groups is 1. The summed E-state index contributed by atoms with van der Waals surface area (Å²) in [5.74, 6) is 1.54. The first-order valence-corrected chi connectivity index (χ1v) is 7.49. The maximum atomic E-state index is 5.13. The SMILES string of the molecule is COc1ccc(N=Nc2ccc(C(C)(C)c3ccc[nH]3)[nH]2)cc1. The lowest BCUT2D eigenvalue weighted by molar-refractivity contribution is 0.415. The number of methoxy groups -OCH3 is 1. The molecule has 0 fully saturated rings. The molecule has 3 aromatic rings. The predicted molar refractivity (Wildman–Crippen MR) is 90.9 cm³/mol. The highest BCUT2D eigenvalue weighted by Gasteiger charge is 2.25. The molecule has 2 N–H and O–H groups in total. The van der Waals surface area contributed by atoms with Crippen molar-refractivity contribution in [1.29, 1.82) is 0 Å². The number of nitrogens with zero attached hydrogens (tertiary/aromatic N) is 2. The van der Waals surface area contributed by atoms with Gasteiger partial charge in [0.05, 0.1) is 12.8 Å². The second-order valence-electron chi connectivity index (χ2n) is 5.86. The van der Waals surface area contributed by atoms with E-state index in [1.165, 1.54) is 0 Å². The molecule has 0 unspecified atom stereocenters. The first kappa shape index (κ1) is 15.1. The molecule has 0 radical (unpaired) electrons. The molecule has 0 spiro atoms. The molecule has 23 heavy (non-hydrogen) atoms. The summed E-state index contributed by atoms with van der Waals surface area (Å²) in [5, 5.41) is 8.51. The minimum absolute atomic E-state index is 0.141. The average Bonchev–Trinajstić information content (AvgIpc) is 3.25. The van der Waals surface area contributed by atoms with Crippen LogP contribution in [0, 0.1) is 0 Å². The van der Waals surface area contributed by atoms with Crippen molar-refractivity contribution in [2.24, 2.45) is 10.2 Å². The molecule has 0 saturated heterocycles. The van der Waals surface area contributed by atoms with Gasteiger partial charge in [0.1, 0.15) is 5.75 Å². The molecule has 0 aliphatic carbocycles. The number of H-pyrrole nitrogens is 2. The molecule has 3 rings (SSSR count). The summed E-state index contributed by atoms with van der Waals surface area (Å²) < 4.78 is 5.13. The maximum absolute atomic E-state index is 5.13. The molecule has 0 saturated carbocycles. The van der Waals surface area contributed by atoms with E-state index in [1.807, 2.05) is 48.7 Å². The molecule has 1 aromatic carbocycles. The molecule has 2 heterocycles. The molecule has 2 aromatic heterocycles. The van der Waals surface area contributed by atoms with Crippen LogP contribution in [0.4, 0.5) is 11.5 Å². The van der Waals surface area contributed by atoms with Crippen molar-refractivity contribution in [3.8, 4) is 5.75 Å². The van der Waals surface area contributed by atoms with Gasteiger partial charge >= 0.3 is 0 Å². The molecule has 5 nitrogen and oxygen atoms in total. The lowest BCUT2D eigenvalue weighted by Gasteiger charge is -2.22. The van der Waals surface area contributed by atoms with Gasteiger partial charge in [-0.15, -0.1) is 10.2 Å². The number of nitrogens with one attached hydrogen (secondary N) is 2. The van der Waals surface area contributed by atoms with Crippen molar-refractivity contribution in [3.05, 3.63) is 66.1 Å².